The molecule has 1 heterocycles. The number of anilines is 1. The topological polar surface area (TPSA) is 49.8 Å². The highest BCUT2D eigenvalue weighted by Crippen LogP contribution is 1.99. The van der Waals surface area contributed by atoms with Gasteiger partial charge in [0, 0.05) is 31.0 Å². The summed E-state index contributed by atoms with van der Waals surface area (Å²) in [6.07, 6.45) is 6.17. The Morgan fingerprint density at radius 3 is 2.53 bits per heavy atom. The summed E-state index contributed by atoms with van der Waals surface area (Å²) >= 11 is 0. The molecular formula is C11H20N4. The summed E-state index contributed by atoms with van der Waals surface area (Å²) in [6.45, 7) is 6.99. The predicted molar refractivity (Wildman–Crippen MR) is 62.8 cm³/mol. The highest BCUT2D eigenvalue weighted by Gasteiger charge is 1.95. The fourth-order valence-corrected chi connectivity index (χ4v) is 1.23. The van der Waals surface area contributed by atoms with E-state index in [2.05, 4.69) is 27.5 Å². The van der Waals surface area contributed by atoms with Gasteiger partial charge in [-0.1, -0.05) is 13.3 Å². The highest BCUT2D eigenvalue weighted by atomic mass is 15.1. The third-order valence-corrected chi connectivity index (χ3v) is 2.08. The van der Waals surface area contributed by atoms with Gasteiger partial charge in [-0.05, 0) is 19.9 Å². The van der Waals surface area contributed by atoms with Crippen molar-refractivity contribution >= 4 is 5.95 Å². The lowest BCUT2D eigenvalue weighted by molar-refractivity contribution is 0.639. The third-order valence-electron chi connectivity index (χ3n) is 2.08. The van der Waals surface area contributed by atoms with Crippen molar-refractivity contribution < 1.29 is 0 Å². The van der Waals surface area contributed by atoms with Crippen LogP contribution in [0.4, 0.5) is 5.95 Å². The van der Waals surface area contributed by atoms with Crippen LogP contribution in [0.25, 0.3) is 0 Å². The average Bonchev–Trinajstić information content (AvgIpc) is 2.27. The lowest BCUT2D eigenvalue weighted by Crippen LogP contribution is -2.15. The molecule has 0 aliphatic heterocycles. The van der Waals surface area contributed by atoms with E-state index in [4.69, 9.17) is 0 Å². The molecule has 1 aromatic heterocycles. The number of nitrogens with one attached hydrogen (secondary N) is 2. The first-order valence-corrected chi connectivity index (χ1v) is 5.62. The zero-order chi connectivity index (χ0) is 10.9. The standard InChI is InChI=1S/C11H20N4/c1-3-5-6-12-7-10-8-14-11(13-4-2)15-9-10/h8-9,12H,3-7H2,1-2H3,(H,13,14,15). The molecule has 0 saturated carbocycles. The molecule has 0 unspecified atom stereocenters. The Hall–Kier alpha value is -1.16. The van der Waals surface area contributed by atoms with Crippen LogP contribution in [0.2, 0.25) is 0 Å². The summed E-state index contributed by atoms with van der Waals surface area (Å²) in [5, 5.41) is 6.42. The van der Waals surface area contributed by atoms with Gasteiger partial charge in [0.05, 0.1) is 0 Å². The second-order valence-corrected chi connectivity index (χ2v) is 3.48. The van der Waals surface area contributed by atoms with E-state index in [1.807, 2.05) is 19.3 Å². The summed E-state index contributed by atoms with van der Waals surface area (Å²) in [5.74, 6) is 0.704. The quantitative estimate of drug-likeness (QED) is 0.671. The normalized spacial score (nSPS) is 10.3. The first-order valence-electron chi connectivity index (χ1n) is 5.62. The molecule has 0 fully saturated rings. The molecule has 0 amide bonds. The molecule has 0 bridgehead atoms. The van der Waals surface area contributed by atoms with Gasteiger partial charge in [-0.25, -0.2) is 9.97 Å². The third kappa shape index (κ3) is 4.74. The molecular weight excluding hydrogens is 188 g/mol. The van der Waals surface area contributed by atoms with Gasteiger partial charge in [-0.15, -0.1) is 0 Å². The minimum Gasteiger partial charge on any atom is -0.355 e. The molecule has 1 aromatic rings. The second kappa shape index (κ2) is 7.17. The van der Waals surface area contributed by atoms with Crippen molar-refractivity contribution in [3.05, 3.63) is 18.0 Å². The van der Waals surface area contributed by atoms with Gasteiger partial charge in [-0.2, -0.15) is 0 Å². The van der Waals surface area contributed by atoms with Crippen molar-refractivity contribution in [1.29, 1.82) is 0 Å². The van der Waals surface area contributed by atoms with E-state index in [0.717, 1.165) is 25.2 Å². The van der Waals surface area contributed by atoms with Crippen molar-refractivity contribution in [1.82, 2.24) is 15.3 Å². The van der Waals surface area contributed by atoms with Crippen molar-refractivity contribution in [2.45, 2.75) is 33.2 Å². The molecule has 0 aliphatic carbocycles. The van der Waals surface area contributed by atoms with E-state index in [-0.39, 0.29) is 0 Å². The molecule has 0 aromatic carbocycles. The van der Waals surface area contributed by atoms with Crippen molar-refractivity contribution in [3.8, 4) is 0 Å². The van der Waals surface area contributed by atoms with Crippen molar-refractivity contribution in [3.63, 3.8) is 0 Å². The van der Waals surface area contributed by atoms with Gasteiger partial charge >= 0.3 is 0 Å². The SMILES string of the molecule is CCCCNCc1cnc(NCC)nc1. The zero-order valence-corrected chi connectivity index (χ0v) is 9.58. The van der Waals surface area contributed by atoms with E-state index in [9.17, 15) is 0 Å². The Morgan fingerprint density at radius 2 is 1.93 bits per heavy atom. The number of aromatic nitrogens is 2. The van der Waals surface area contributed by atoms with E-state index in [1.165, 1.54) is 12.8 Å². The lowest BCUT2D eigenvalue weighted by Gasteiger charge is -2.04. The molecule has 84 valence electrons. The number of hydrogen-bond donors (Lipinski definition) is 2. The van der Waals surface area contributed by atoms with Crippen LogP contribution in [0.5, 0.6) is 0 Å². The maximum atomic E-state index is 4.21. The van der Waals surface area contributed by atoms with Crippen molar-refractivity contribution in [2.24, 2.45) is 0 Å². The largest absolute Gasteiger partial charge is 0.355 e. The molecule has 4 heteroatoms. The summed E-state index contributed by atoms with van der Waals surface area (Å²) in [7, 11) is 0. The van der Waals surface area contributed by atoms with Gasteiger partial charge in [0.25, 0.3) is 0 Å². The summed E-state index contributed by atoms with van der Waals surface area (Å²) in [4.78, 5) is 8.41. The Kier molecular flexibility index (Phi) is 5.70. The van der Waals surface area contributed by atoms with Crippen LogP contribution in [-0.4, -0.2) is 23.1 Å². The van der Waals surface area contributed by atoms with Gasteiger partial charge < -0.3 is 10.6 Å². The smallest absolute Gasteiger partial charge is 0.222 e. The van der Waals surface area contributed by atoms with Gasteiger partial charge in [-0.3, -0.25) is 0 Å². The van der Waals surface area contributed by atoms with Gasteiger partial charge in [0.15, 0.2) is 0 Å². The van der Waals surface area contributed by atoms with Crippen LogP contribution in [-0.2, 0) is 6.54 Å². The van der Waals surface area contributed by atoms with Gasteiger partial charge in [0.1, 0.15) is 0 Å². The van der Waals surface area contributed by atoms with Crippen molar-refractivity contribution in [2.75, 3.05) is 18.4 Å². The molecule has 15 heavy (non-hydrogen) atoms. The minimum absolute atomic E-state index is 0.704. The molecule has 2 N–H and O–H groups in total. The molecule has 4 nitrogen and oxygen atoms in total. The van der Waals surface area contributed by atoms with E-state index >= 15 is 0 Å². The second-order valence-electron chi connectivity index (χ2n) is 3.48. The van der Waals surface area contributed by atoms with Crippen LogP contribution >= 0.6 is 0 Å². The Morgan fingerprint density at radius 1 is 1.20 bits per heavy atom. The molecule has 0 radical (unpaired) electrons. The Labute approximate surface area is 91.5 Å². The molecule has 0 atom stereocenters. The maximum Gasteiger partial charge on any atom is 0.222 e. The predicted octanol–water partition coefficient (Wildman–Crippen LogP) is 1.80. The minimum atomic E-state index is 0.704. The lowest BCUT2D eigenvalue weighted by atomic mass is 10.3. The Balaban J connectivity index is 2.29. The van der Waals surface area contributed by atoms with Gasteiger partial charge in [0.2, 0.25) is 5.95 Å². The number of nitrogens with zero attached hydrogens (tertiary/aromatic N) is 2. The first kappa shape index (κ1) is 11.9. The molecule has 0 spiro atoms. The monoisotopic (exact) mass is 208 g/mol. The van der Waals surface area contributed by atoms with Crippen LogP contribution in [0, 0.1) is 0 Å². The van der Waals surface area contributed by atoms with Crippen LogP contribution in [0.15, 0.2) is 12.4 Å². The summed E-state index contributed by atoms with van der Waals surface area (Å²) < 4.78 is 0. The number of hydrogen-bond acceptors (Lipinski definition) is 4. The van der Waals surface area contributed by atoms with E-state index in [1.54, 1.807) is 0 Å². The Bertz CT molecular complexity index is 258. The molecule has 0 saturated heterocycles. The van der Waals surface area contributed by atoms with E-state index < -0.39 is 0 Å². The summed E-state index contributed by atoms with van der Waals surface area (Å²) in [6, 6.07) is 0. The summed E-state index contributed by atoms with van der Waals surface area (Å²) in [5.41, 5.74) is 1.13. The fraction of sp³-hybridized carbons (Fsp3) is 0.636. The maximum absolute atomic E-state index is 4.21. The van der Waals surface area contributed by atoms with Crippen LogP contribution in [0.1, 0.15) is 32.3 Å². The number of rotatable bonds is 7. The fourth-order valence-electron chi connectivity index (χ4n) is 1.23. The van der Waals surface area contributed by atoms with Crippen LogP contribution in [0.3, 0.4) is 0 Å². The number of unbranched alkanes of at least 4 members (excludes halogenated alkanes) is 1. The first-order chi connectivity index (χ1) is 7.36. The molecule has 1 rings (SSSR count). The zero-order valence-electron chi connectivity index (χ0n) is 9.58. The highest BCUT2D eigenvalue weighted by molar-refractivity contribution is 5.24. The molecule has 0 aliphatic rings. The van der Waals surface area contributed by atoms with E-state index in [0.29, 0.717) is 5.95 Å². The van der Waals surface area contributed by atoms with Crippen LogP contribution < -0.4 is 10.6 Å². The average molecular weight is 208 g/mol.